The molecule has 1 saturated heterocycles. The minimum absolute atomic E-state index is 0.0430. The van der Waals surface area contributed by atoms with Gasteiger partial charge in [-0.2, -0.15) is 16.9 Å². The molecule has 40 heavy (non-hydrogen) atoms. The fourth-order valence-corrected chi connectivity index (χ4v) is 5.87. The van der Waals surface area contributed by atoms with Gasteiger partial charge in [-0.05, 0) is 47.1 Å². The van der Waals surface area contributed by atoms with Gasteiger partial charge in [0.25, 0.3) is 11.7 Å². The maximum absolute atomic E-state index is 13.4. The molecule has 3 aromatic carbocycles. The SMILES string of the molecule is Cc1ccc(C(C)(C)C)cc1-n1nccc1NC(=O)C(=O)c1ccc(OCCN2CCSCC2)c2ccccc12. The highest BCUT2D eigenvalue weighted by atomic mass is 32.2. The van der Waals surface area contributed by atoms with Gasteiger partial charge in [-0.25, -0.2) is 4.68 Å². The number of ether oxygens (including phenoxy) is 1. The zero-order valence-electron chi connectivity index (χ0n) is 23.6. The lowest BCUT2D eigenvalue weighted by atomic mass is 9.86. The van der Waals surface area contributed by atoms with Crippen molar-refractivity contribution in [2.24, 2.45) is 0 Å². The third-order valence-corrected chi connectivity index (χ3v) is 8.23. The molecule has 4 aromatic rings. The molecule has 1 aromatic heterocycles. The van der Waals surface area contributed by atoms with E-state index in [0.717, 1.165) is 53.3 Å². The van der Waals surface area contributed by atoms with Crippen molar-refractivity contribution in [3.63, 3.8) is 0 Å². The third kappa shape index (κ3) is 6.08. The molecule has 1 fully saturated rings. The Labute approximate surface area is 239 Å². The number of amides is 1. The van der Waals surface area contributed by atoms with Gasteiger partial charge in [0.05, 0.1) is 11.9 Å². The Morgan fingerprint density at radius 1 is 1.00 bits per heavy atom. The van der Waals surface area contributed by atoms with Crippen LogP contribution in [0.25, 0.3) is 16.5 Å². The number of ketones is 1. The van der Waals surface area contributed by atoms with Crippen molar-refractivity contribution in [2.75, 3.05) is 43.1 Å². The van der Waals surface area contributed by atoms with Gasteiger partial charge in [0, 0.05) is 48.2 Å². The number of nitrogens with zero attached hydrogens (tertiary/aromatic N) is 3. The van der Waals surface area contributed by atoms with Crippen LogP contribution in [-0.2, 0) is 10.2 Å². The predicted octanol–water partition coefficient (Wildman–Crippen LogP) is 5.88. The summed E-state index contributed by atoms with van der Waals surface area (Å²) in [5.41, 5.74) is 3.32. The fourth-order valence-electron chi connectivity index (χ4n) is 4.89. The topological polar surface area (TPSA) is 76.5 Å². The molecule has 0 unspecified atom stereocenters. The molecule has 0 saturated carbocycles. The number of aromatic nitrogens is 2. The molecular weight excluding hydrogens is 520 g/mol. The lowest BCUT2D eigenvalue weighted by molar-refractivity contribution is -0.112. The Hall–Kier alpha value is -3.62. The summed E-state index contributed by atoms with van der Waals surface area (Å²) in [6.07, 6.45) is 1.62. The molecule has 1 amide bonds. The average Bonchev–Trinajstić information content (AvgIpc) is 3.40. The summed E-state index contributed by atoms with van der Waals surface area (Å²) < 4.78 is 7.81. The molecule has 1 aliphatic rings. The van der Waals surface area contributed by atoms with E-state index in [0.29, 0.717) is 29.1 Å². The summed E-state index contributed by atoms with van der Waals surface area (Å²) in [4.78, 5) is 29.1. The van der Waals surface area contributed by atoms with Crippen molar-refractivity contribution in [2.45, 2.75) is 33.1 Å². The Bertz CT molecular complexity index is 1530. The number of aryl methyl sites for hydroxylation is 1. The number of nitrogens with one attached hydrogen (secondary N) is 1. The summed E-state index contributed by atoms with van der Waals surface area (Å²) in [5, 5.41) is 8.75. The highest BCUT2D eigenvalue weighted by molar-refractivity contribution is 7.99. The number of carbonyl (C=O) groups excluding carboxylic acids is 2. The van der Waals surface area contributed by atoms with Gasteiger partial charge < -0.3 is 10.1 Å². The number of hydrogen-bond donors (Lipinski definition) is 1. The Kier molecular flexibility index (Phi) is 8.28. The quantitative estimate of drug-likeness (QED) is 0.216. The second-order valence-corrected chi connectivity index (χ2v) is 12.3. The molecule has 0 aliphatic carbocycles. The van der Waals surface area contributed by atoms with Crippen molar-refractivity contribution in [1.82, 2.24) is 14.7 Å². The van der Waals surface area contributed by atoms with E-state index in [-0.39, 0.29) is 5.41 Å². The third-order valence-electron chi connectivity index (χ3n) is 7.29. The van der Waals surface area contributed by atoms with E-state index >= 15 is 0 Å². The Balaban J connectivity index is 1.35. The second-order valence-electron chi connectivity index (χ2n) is 11.1. The van der Waals surface area contributed by atoms with Gasteiger partial charge in [-0.3, -0.25) is 14.5 Å². The zero-order chi connectivity index (χ0) is 28.3. The van der Waals surface area contributed by atoms with Gasteiger partial charge in [-0.1, -0.05) is 57.2 Å². The van der Waals surface area contributed by atoms with Crippen LogP contribution in [0.4, 0.5) is 5.82 Å². The maximum Gasteiger partial charge on any atom is 0.297 e. The fraction of sp³-hybridized carbons (Fsp3) is 0.344. The monoisotopic (exact) mass is 556 g/mol. The maximum atomic E-state index is 13.4. The molecule has 2 heterocycles. The standard InChI is InChI=1S/C32H36N4O3S/c1-22-9-10-23(32(2,3)4)21-27(22)36-29(13-14-33-36)34-31(38)30(37)26-11-12-28(25-8-6-5-7-24(25)26)39-18-15-35-16-19-40-20-17-35/h5-14,21H,15-20H2,1-4H3,(H,34,38). The highest BCUT2D eigenvalue weighted by Gasteiger charge is 2.23. The van der Waals surface area contributed by atoms with Gasteiger partial charge in [0.2, 0.25) is 0 Å². The molecular formula is C32H36N4O3S. The summed E-state index contributed by atoms with van der Waals surface area (Å²) >= 11 is 1.99. The van der Waals surface area contributed by atoms with Crippen LogP contribution >= 0.6 is 11.8 Å². The number of benzene rings is 3. The van der Waals surface area contributed by atoms with Crippen LogP contribution in [0.1, 0.15) is 42.3 Å². The first-order chi connectivity index (χ1) is 19.2. The minimum atomic E-state index is -0.715. The summed E-state index contributed by atoms with van der Waals surface area (Å²) in [6, 6.07) is 19.0. The molecule has 8 heteroatoms. The van der Waals surface area contributed by atoms with Crippen molar-refractivity contribution in [3.8, 4) is 11.4 Å². The van der Waals surface area contributed by atoms with Crippen LogP contribution in [0.3, 0.4) is 0 Å². The van der Waals surface area contributed by atoms with Crippen molar-refractivity contribution >= 4 is 40.0 Å². The van der Waals surface area contributed by atoms with E-state index in [1.165, 1.54) is 0 Å². The molecule has 0 bridgehead atoms. The molecule has 0 atom stereocenters. The predicted molar refractivity (Wildman–Crippen MR) is 163 cm³/mol. The number of Topliss-reactive ketones (excluding diaryl/α,β-unsaturated/α-hetero) is 1. The molecule has 1 aliphatic heterocycles. The molecule has 0 spiro atoms. The lowest BCUT2D eigenvalue weighted by Crippen LogP contribution is -2.35. The van der Waals surface area contributed by atoms with Crippen LogP contribution in [-0.4, -0.2) is 64.1 Å². The first-order valence-corrected chi connectivity index (χ1v) is 14.8. The highest BCUT2D eigenvalue weighted by Crippen LogP contribution is 2.30. The van der Waals surface area contributed by atoms with Crippen LogP contribution in [0.2, 0.25) is 0 Å². The largest absolute Gasteiger partial charge is 0.492 e. The Morgan fingerprint density at radius 2 is 1.75 bits per heavy atom. The van der Waals surface area contributed by atoms with Crippen LogP contribution in [0, 0.1) is 6.92 Å². The molecule has 208 valence electrons. The first-order valence-electron chi connectivity index (χ1n) is 13.7. The van der Waals surface area contributed by atoms with Crippen molar-refractivity contribution in [3.05, 3.63) is 83.6 Å². The second kappa shape index (κ2) is 11.9. The number of hydrogen-bond acceptors (Lipinski definition) is 6. The molecule has 5 rings (SSSR count). The van der Waals surface area contributed by atoms with Crippen LogP contribution < -0.4 is 10.1 Å². The van der Waals surface area contributed by atoms with Crippen molar-refractivity contribution in [1.29, 1.82) is 0 Å². The van der Waals surface area contributed by atoms with Crippen molar-refractivity contribution < 1.29 is 14.3 Å². The number of thioether (sulfide) groups is 1. The van der Waals surface area contributed by atoms with E-state index in [1.54, 1.807) is 29.1 Å². The Morgan fingerprint density at radius 3 is 2.50 bits per heavy atom. The normalized spacial score (nSPS) is 14.3. The number of carbonyl (C=O) groups is 2. The van der Waals surface area contributed by atoms with E-state index in [4.69, 9.17) is 4.74 Å². The molecule has 7 nitrogen and oxygen atoms in total. The smallest absolute Gasteiger partial charge is 0.297 e. The first kappa shape index (κ1) is 27.9. The van der Waals surface area contributed by atoms with Gasteiger partial charge in [-0.15, -0.1) is 0 Å². The summed E-state index contributed by atoms with van der Waals surface area (Å²) in [6.45, 7) is 12.1. The molecule has 1 N–H and O–H groups in total. The van der Waals surface area contributed by atoms with Gasteiger partial charge in [0.15, 0.2) is 0 Å². The lowest BCUT2D eigenvalue weighted by Gasteiger charge is -2.26. The number of fused-ring (bicyclic) bond motifs is 1. The number of anilines is 1. The number of rotatable bonds is 8. The summed E-state index contributed by atoms with van der Waals surface area (Å²) in [7, 11) is 0. The van der Waals surface area contributed by atoms with Crippen LogP contribution in [0.15, 0.2) is 66.9 Å². The van der Waals surface area contributed by atoms with Gasteiger partial charge in [0.1, 0.15) is 18.2 Å². The van der Waals surface area contributed by atoms with Crippen LogP contribution in [0.5, 0.6) is 5.75 Å². The average molecular weight is 557 g/mol. The van der Waals surface area contributed by atoms with E-state index in [1.807, 2.05) is 43.0 Å². The van der Waals surface area contributed by atoms with Gasteiger partial charge >= 0.3 is 0 Å². The minimum Gasteiger partial charge on any atom is -0.492 e. The van der Waals surface area contributed by atoms with E-state index < -0.39 is 11.7 Å². The molecule has 0 radical (unpaired) electrons. The van der Waals surface area contributed by atoms with E-state index in [2.05, 4.69) is 54.3 Å². The zero-order valence-corrected chi connectivity index (χ0v) is 24.4. The summed E-state index contributed by atoms with van der Waals surface area (Å²) in [5.74, 6) is 2.14. The van der Waals surface area contributed by atoms with E-state index in [9.17, 15) is 9.59 Å².